The molecule has 0 amide bonds. The Morgan fingerprint density at radius 2 is 2.16 bits per heavy atom. The first kappa shape index (κ1) is 16.5. The number of carbonyl (C=O) groups excluding carboxylic acids is 1. The molecule has 4 nitrogen and oxygen atoms in total. The molecule has 2 heterocycles. The van der Waals surface area contributed by atoms with Crippen LogP contribution >= 0.6 is 23.6 Å². The molecule has 1 aliphatic carbocycles. The number of thiophene rings is 1. The second-order valence-electron chi connectivity index (χ2n) is 6.54. The summed E-state index contributed by atoms with van der Waals surface area (Å²) in [5.41, 5.74) is 4.26. The number of anilines is 2. The van der Waals surface area contributed by atoms with Crippen LogP contribution in [0.1, 0.15) is 39.7 Å². The molecule has 0 bridgehead atoms. The van der Waals surface area contributed by atoms with Crippen molar-refractivity contribution in [3.63, 3.8) is 0 Å². The number of carbonyl (C=O) groups is 1. The van der Waals surface area contributed by atoms with E-state index in [-0.39, 0.29) is 5.97 Å². The van der Waals surface area contributed by atoms with Crippen LogP contribution in [0.2, 0.25) is 0 Å². The van der Waals surface area contributed by atoms with Crippen molar-refractivity contribution < 1.29 is 9.53 Å². The van der Waals surface area contributed by atoms with Crippen LogP contribution in [0.5, 0.6) is 0 Å². The molecule has 0 saturated heterocycles. The number of benzene rings is 1. The van der Waals surface area contributed by atoms with Gasteiger partial charge in [0.05, 0.1) is 12.7 Å². The van der Waals surface area contributed by atoms with E-state index < -0.39 is 0 Å². The van der Waals surface area contributed by atoms with E-state index in [0.29, 0.717) is 16.7 Å². The first-order valence-electron chi connectivity index (χ1n) is 8.51. The second kappa shape index (κ2) is 6.42. The van der Waals surface area contributed by atoms with Crippen LogP contribution in [0.15, 0.2) is 24.3 Å². The van der Waals surface area contributed by atoms with E-state index in [4.69, 9.17) is 17.0 Å². The van der Waals surface area contributed by atoms with Crippen LogP contribution in [0, 0.1) is 0 Å². The van der Waals surface area contributed by atoms with Gasteiger partial charge >= 0.3 is 5.97 Å². The summed E-state index contributed by atoms with van der Waals surface area (Å²) in [4.78, 5) is 15.7. The standard InChI is InChI=1S/C19H20N2O2S2/c1-11-10-12-6-3-4-8-14(12)21(11)19(24)20-17-16(18(22)23-2)13-7-5-9-15(13)25-17/h3-4,6,8,11H,5,7,9-10H2,1-2H3,(H,20,24)/t11-/m1/s1. The second-order valence-corrected chi connectivity index (χ2v) is 8.03. The smallest absolute Gasteiger partial charge is 0.341 e. The molecule has 0 radical (unpaired) electrons. The van der Waals surface area contributed by atoms with Crippen molar-refractivity contribution in [2.75, 3.05) is 17.3 Å². The molecule has 25 heavy (non-hydrogen) atoms. The van der Waals surface area contributed by atoms with E-state index in [1.54, 1.807) is 11.3 Å². The predicted octanol–water partition coefficient (Wildman–Crippen LogP) is 4.17. The Labute approximate surface area is 156 Å². The summed E-state index contributed by atoms with van der Waals surface area (Å²) in [5.74, 6) is -0.278. The van der Waals surface area contributed by atoms with Crippen molar-refractivity contribution in [1.82, 2.24) is 0 Å². The topological polar surface area (TPSA) is 41.6 Å². The molecule has 130 valence electrons. The molecule has 0 fully saturated rings. The highest BCUT2D eigenvalue weighted by Crippen LogP contribution is 2.40. The van der Waals surface area contributed by atoms with Crippen LogP contribution in [-0.4, -0.2) is 24.2 Å². The predicted molar refractivity (Wildman–Crippen MR) is 106 cm³/mol. The number of aryl methyl sites for hydroxylation is 1. The van der Waals surface area contributed by atoms with Crippen molar-refractivity contribution in [3.05, 3.63) is 45.8 Å². The number of rotatable bonds is 2. The quantitative estimate of drug-likeness (QED) is 0.633. The number of esters is 1. The minimum atomic E-state index is -0.278. The highest BCUT2D eigenvalue weighted by atomic mass is 32.1. The van der Waals surface area contributed by atoms with Gasteiger partial charge in [0, 0.05) is 16.6 Å². The number of fused-ring (bicyclic) bond motifs is 2. The normalized spacial score (nSPS) is 18.0. The van der Waals surface area contributed by atoms with Gasteiger partial charge in [0.15, 0.2) is 5.11 Å². The fourth-order valence-electron chi connectivity index (χ4n) is 3.84. The zero-order chi connectivity index (χ0) is 17.6. The van der Waals surface area contributed by atoms with Crippen LogP contribution in [-0.2, 0) is 24.0 Å². The van der Waals surface area contributed by atoms with E-state index in [0.717, 1.165) is 41.9 Å². The number of hydrogen-bond donors (Lipinski definition) is 1. The van der Waals surface area contributed by atoms with Crippen LogP contribution in [0.4, 0.5) is 10.7 Å². The van der Waals surface area contributed by atoms with E-state index >= 15 is 0 Å². The third-order valence-electron chi connectivity index (χ3n) is 4.96. The van der Waals surface area contributed by atoms with E-state index in [2.05, 4.69) is 35.3 Å². The summed E-state index contributed by atoms with van der Waals surface area (Å²) in [6.07, 6.45) is 4.05. The highest BCUT2D eigenvalue weighted by molar-refractivity contribution is 7.80. The maximum Gasteiger partial charge on any atom is 0.341 e. The lowest BCUT2D eigenvalue weighted by molar-refractivity contribution is 0.0601. The van der Waals surface area contributed by atoms with Crippen molar-refractivity contribution in [3.8, 4) is 0 Å². The van der Waals surface area contributed by atoms with E-state index in [1.165, 1.54) is 17.6 Å². The van der Waals surface area contributed by atoms with Gasteiger partial charge in [0.25, 0.3) is 0 Å². The van der Waals surface area contributed by atoms with Gasteiger partial charge in [-0.2, -0.15) is 0 Å². The number of methoxy groups -OCH3 is 1. The fraction of sp³-hybridized carbons (Fsp3) is 0.368. The Morgan fingerprint density at radius 1 is 1.36 bits per heavy atom. The summed E-state index contributed by atoms with van der Waals surface area (Å²) >= 11 is 7.34. The highest BCUT2D eigenvalue weighted by Gasteiger charge is 2.31. The molecule has 1 aliphatic heterocycles. The zero-order valence-corrected chi connectivity index (χ0v) is 15.9. The van der Waals surface area contributed by atoms with Gasteiger partial charge in [-0.3, -0.25) is 0 Å². The molecule has 0 spiro atoms. The Morgan fingerprint density at radius 3 is 2.96 bits per heavy atom. The third kappa shape index (κ3) is 2.73. The number of hydrogen-bond acceptors (Lipinski definition) is 4. The lowest BCUT2D eigenvalue weighted by atomic mass is 10.1. The summed E-state index contributed by atoms with van der Waals surface area (Å²) < 4.78 is 5.02. The van der Waals surface area contributed by atoms with Crippen molar-refractivity contribution >= 4 is 45.3 Å². The van der Waals surface area contributed by atoms with Crippen molar-refractivity contribution in [2.24, 2.45) is 0 Å². The van der Waals surface area contributed by atoms with Gasteiger partial charge in [-0.15, -0.1) is 11.3 Å². The van der Waals surface area contributed by atoms with Gasteiger partial charge in [0.1, 0.15) is 5.00 Å². The fourth-order valence-corrected chi connectivity index (χ4v) is 5.56. The molecule has 2 aliphatic rings. The first-order valence-corrected chi connectivity index (χ1v) is 9.73. The monoisotopic (exact) mass is 372 g/mol. The number of para-hydroxylation sites is 1. The molecule has 0 saturated carbocycles. The van der Waals surface area contributed by atoms with Crippen molar-refractivity contribution in [2.45, 2.75) is 38.6 Å². The maximum absolute atomic E-state index is 12.3. The molecule has 4 rings (SSSR count). The van der Waals surface area contributed by atoms with Gasteiger partial charge in [-0.25, -0.2) is 4.79 Å². The Hall–Kier alpha value is -1.92. The van der Waals surface area contributed by atoms with Gasteiger partial charge in [-0.1, -0.05) is 18.2 Å². The zero-order valence-electron chi connectivity index (χ0n) is 14.3. The summed E-state index contributed by atoms with van der Waals surface area (Å²) in [6, 6.07) is 8.64. The third-order valence-corrected chi connectivity index (χ3v) is 6.46. The van der Waals surface area contributed by atoms with Crippen LogP contribution in [0.25, 0.3) is 0 Å². The average Bonchev–Trinajstić information content (AvgIpc) is 3.25. The molecule has 2 aromatic rings. The molecular formula is C19H20N2O2S2. The average molecular weight is 373 g/mol. The first-order chi connectivity index (χ1) is 12.1. The van der Waals surface area contributed by atoms with Crippen LogP contribution < -0.4 is 10.2 Å². The SMILES string of the molecule is COC(=O)c1c(NC(=S)N2c3ccccc3C[C@H]2C)sc2c1CCC2. The minimum absolute atomic E-state index is 0.278. The van der Waals surface area contributed by atoms with Gasteiger partial charge in [0.2, 0.25) is 0 Å². The van der Waals surface area contributed by atoms with E-state index in [1.807, 2.05) is 6.07 Å². The summed E-state index contributed by atoms with van der Waals surface area (Å²) in [5, 5.41) is 4.80. The molecule has 1 atom stereocenters. The Kier molecular flexibility index (Phi) is 4.25. The lowest BCUT2D eigenvalue weighted by Crippen LogP contribution is -2.38. The maximum atomic E-state index is 12.3. The largest absolute Gasteiger partial charge is 0.465 e. The van der Waals surface area contributed by atoms with Crippen LogP contribution in [0.3, 0.4) is 0 Å². The summed E-state index contributed by atoms with van der Waals surface area (Å²) in [6.45, 7) is 2.17. The molecule has 6 heteroatoms. The van der Waals surface area contributed by atoms with E-state index in [9.17, 15) is 4.79 Å². The molecular weight excluding hydrogens is 352 g/mol. The molecule has 1 N–H and O–H groups in total. The van der Waals surface area contributed by atoms with Crippen molar-refractivity contribution in [1.29, 1.82) is 0 Å². The molecule has 1 aromatic heterocycles. The number of nitrogens with zero attached hydrogens (tertiary/aromatic N) is 1. The Balaban J connectivity index is 1.65. The minimum Gasteiger partial charge on any atom is -0.465 e. The van der Waals surface area contributed by atoms with Gasteiger partial charge < -0.3 is 15.0 Å². The lowest BCUT2D eigenvalue weighted by Gasteiger charge is -2.26. The van der Waals surface area contributed by atoms with Gasteiger partial charge in [-0.05, 0) is 62.0 Å². The number of thiocarbonyl (C=S) groups is 1. The molecule has 0 unspecified atom stereocenters. The number of ether oxygens (including phenoxy) is 1. The number of nitrogens with one attached hydrogen (secondary N) is 1. The summed E-state index contributed by atoms with van der Waals surface area (Å²) in [7, 11) is 1.43. The molecule has 1 aromatic carbocycles. The Bertz CT molecular complexity index is 859.